The SMILES string of the molecule is CCc1ccccc1OCCCC(CN)c1ccccc1. The number of hydrogen-bond donors (Lipinski definition) is 1. The maximum atomic E-state index is 5.92. The van der Waals surface area contributed by atoms with Gasteiger partial charge in [0.1, 0.15) is 5.75 Å². The molecule has 0 radical (unpaired) electrons. The molecule has 1 atom stereocenters. The highest BCUT2D eigenvalue weighted by molar-refractivity contribution is 5.33. The van der Waals surface area contributed by atoms with Crippen LogP contribution in [0.1, 0.15) is 36.8 Å². The number of aryl methyl sites for hydroxylation is 1. The van der Waals surface area contributed by atoms with Gasteiger partial charge in [0.05, 0.1) is 6.61 Å². The first-order chi connectivity index (χ1) is 10.3. The van der Waals surface area contributed by atoms with Gasteiger partial charge in [0.15, 0.2) is 0 Å². The minimum Gasteiger partial charge on any atom is -0.493 e. The van der Waals surface area contributed by atoms with Crippen LogP contribution < -0.4 is 10.5 Å². The monoisotopic (exact) mass is 283 g/mol. The highest BCUT2D eigenvalue weighted by Gasteiger charge is 2.09. The van der Waals surface area contributed by atoms with Gasteiger partial charge in [-0.2, -0.15) is 0 Å². The van der Waals surface area contributed by atoms with Gasteiger partial charge >= 0.3 is 0 Å². The summed E-state index contributed by atoms with van der Waals surface area (Å²) in [4.78, 5) is 0. The molecule has 0 saturated carbocycles. The van der Waals surface area contributed by atoms with Crippen LogP contribution in [0.3, 0.4) is 0 Å². The van der Waals surface area contributed by atoms with Crippen molar-refractivity contribution in [3.05, 3.63) is 65.7 Å². The summed E-state index contributed by atoms with van der Waals surface area (Å²) >= 11 is 0. The minimum atomic E-state index is 0.427. The van der Waals surface area contributed by atoms with E-state index in [1.54, 1.807) is 0 Å². The average Bonchev–Trinajstić information content (AvgIpc) is 2.56. The van der Waals surface area contributed by atoms with Gasteiger partial charge < -0.3 is 10.5 Å². The first kappa shape index (κ1) is 15.6. The summed E-state index contributed by atoms with van der Waals surface area (Å²) in [6.45, 7) is 3.60. The van der Waals surface area contributed by atoms with Gasteiger partial charge in [0.2, 0.25) is 0 Å². The first-order valence-electron chi connectivity index (χ1n) is 7.80. The molecule has 2 aromatic rings. The molecule has 0 spiro atoms. The standard InChI is InChI=1S/C19H25NO/c1-2-16-9-6-7-13-19(16)21-14-8-12-18(15-20)17-10-4-3-5-11-17/h3-7,9-11,13,18H,2,8,12,14-15,20H2,1H3. The Morgan fingerprint density at radius 2 is 1.71 bits per heavy atom. The summed E-state index contributed by atoms with van der Waals surface area (Å²) < 4.78 is 5.92. The predicted octanol–water partition coefficient (Wildman–Crippen LogP) is 4.15. The Morgan fingerprint density at radius 1 is 1.00 bits per heavy atom. The number of nitrogens with two attached hydrogens (primary N) is 1. The van der Waals surface area contributed by atoms with E-state index in [0.29, 0.717) is 12.5 Å². The topological polar surface area (TPSA) is 35.2 Å². The van der Waals surface area contributed by atoms with E-state index in [1.807, 2.05) is 12.1 Å². The first-order valence-corrected chi connectivity index (χ1v) is 7.80. The molecule has 0 aliphatic heterocycles. The molecule has 0 bridgehead atoms. The van der Waals surface area contributed by atoms with Crippen LogP contribution in [0.4, 0.5) is 0 Å². The third-order valence-corrected chi connectivity index (χ3v) is 3.86. The fourth-order valence-corrected chi connectivity index (χ4v) is 2.59. The number of hydrogen-bond acceptors (Lipinski definition) is 2. The Morgan fingerprint density at radius 3 is 2.43 bits per heavy atom. The van der Waals surface area contributed by atoms with Crippen LogP contribution in [0, 0.1) is 0 Å². The molecule has 0 heterocycles. The molecule has 112 valence electrons. The molecular formula is C19H25NO. The Bertz CT molecular complexity index is 524. The molecule has 2 heteroatoms. The van der Waals surface area contributed by atoms with Crippen molar-refractivity contribution in [2.45, 2.75) is 32.1 Å². The summed E-state index contributed by atoms with van der Waals surface area (Å²) in [5.74, 6) is 1.44. The highest BCUT2D eigenvalue weighted by atomic mass is 16.5. The molecule has 21 heavy (non-hydrogen) atoms. The fraction of sp³-hybridized carbons (Fsp3) is 0.368. The molecule has 0 fully saturated rings. The van der Waals surface area contributed by atoms with E-state index < -0.39 is 0 Å². The molecule has 0 amide bonds. The van der Waals surface area contributed by atoms with Crippen molar-refractivity contribution in [1.29, 1.82) is 0 Å². The number of ether oxygens (including phenoxy) is 1. The van der Waals surface area contributed by atoms with Crippen LogP contribution >= 0.6 is 0 Å². The second-order valence-corrected chi connectivity index (χ2v) is 5.30. The molecule has 2 rings (SSSR count). The van der Waals surface area contributed by atoms with Crippen molar-refractivity contribution in [2.75, 3.05) is 13.2 Å². The lowest BCUT2D eigenvalue weighted by molar-refractivity contribution is 0.299. The maximum Gasteiger partial charge on any atom is 0.122 e. The molecule has 2 nitrogen and oxygen atoms in total. The lowest BCUT2D eigenvalue weighted by atomic mass is 9.95. The predicted molar refractivity (Wildman–Crippen MR) is 88.8 cm³/mol. The van der Waals surface area contributed by atoms with E-state index >= 15 is 0 Å². The average molecular weight is 283 g/mol. The smallest absolute Gasteiger partial charge is 0.122 e. The van der Waals surface area contributed by atoms with E-state index in [0.717, 1.165) is 31.6 Å². The zero-order valence-corrected chi connectivity index (χ0v) is 12.8. The Labute approximate surface area is 127 Å². The Balaban J connectivity index is 1.81. The van der Waals surface area contributed by atoms with Crippen molar-refractivity contribution in [3.63, 3.8) is 0 Å². The van der Waals surface area contributed by atoms with E-state index in [-0.39, 0.29) is 0 Å². The zero-order valence-electron chi connectivity index (χ0n) is 12.8. The number of rotatable bonds is 8. The zero-order chi connectivity index (χ0) is 14.9. The van der Waals surface area contributed by atoms with Gasteiger partial charge in [-0.15, -0.1) is 0 Å². The van der Waals surface area contributed by atoms with E-state index in [1.165, 1.54) is 11.1 Å². The lowest BCUT2D eigenvalue weighted by Crippen LogP contribution is -2.13. The van der Waals surface area contributed by atoms with Gasteiger partial charge in [-0.25, -0.2) is 0 Å². The van der Waals surface area contributed by atoms with Gasteiger partial charge in [0, 0.05) is 0 Å². The molecule has 0 aromatic heterocycles. The molecule has 0 aliphatic carbocycles. The summed E-state index contributed by atoms with van der Waals surface area (Å²) in [6.07, 6.45) is 3.09. The molecule has 1 unspecified atom stereocenters. The second kappa shape index (κ2) is 8.48. The van der Waals surface area contributed by atoms with Gasteiger partial charge in [-0.05, 0) is 48.9 Å². The minimum absolute atomic E-state index is 0.427. The molecule has 0 aliphatic rings. The van der Waals surface area contributed by atoms with Crippen LogP contribution in [-0.4, -0.2) is 13.2 Å². The quantitative estimate of drug-likeness (QED) is 0.739. The van der Waals surface area contributed by atoms with E-state index in [2.05, 4.69) is 49.4 Å². The summed E-state index contributed by atoms with van der Waals surface area (Å²) in [5, 5.41) is 0. The van der Waals surface area contributed by atoms with Crippen LogP contribution in [0.15, 0.2) is 54.6 Å². The summed E-state index contributed by atoms with van der Waals surface area (Å²) in [7, 11) is 0. The molecule has 2 N–H and O–H groups in total. The number of para-hydroxylation sites is 1. The van der Waals surface area contributed by atoms with E-state index in [4.69, 9.17) is 10.5 Å². The maximum absolute atomic E-state index is 5.92. The van der Waals surface area contributed by atoms with Crippen LogP contribution in [0.2, 0.25) is 0 Å². The summed E-state index contributed by atoms with van der Waals surface area (Å²) in [6, 6.07) is 18.8. The van der Waals surface area contributed by atoms with Crippen molar-refractivity contribution < 1.29 is 4.74 Å². The molecule has 0 saturated heterocycles. The molecular weight excluding hydrogens is 258 g/mol. The normalized spacial score (nSPS) is 12.1. The van der Waals surface area contributed by atoms with Gasteiger partial charge in [-0.3, -0.25) is 0 Å². The van der Waals surface area contributed by atoms with Crippen molar-refractivity contribution in [1.82, 2.24) is 0 Å². The van der Waals surface area contributed by atoms with Crippen LogP contribution in [-0.2, 0) is 6.42 Å². The largest absolute Gasteiger partial charge is 0.493 e. The van der Waals surface area contributed by atoms with Crippen LogP contribution in [0.25, 0.3) is 0 Å². The Kier molecular flexibility index (Phi) is 6.29. The van der Waals surface area contributed by atoms with Crippen molar-refractivity contribution in [2.24, 2.45) is 5.73 Å². The lowest BCUT2D eigenvalue weighted by Gasteiger charge is -2.16. The van der Waals surface area contributed by atoms with Crippen LogP contribution in [0.5, 0.6) is 5.75 Å². The Hall–Kier alpha value is -1.80. The van der Waals surface area contributed by atoms with Crippen molar-refractivity contribution >= 4 is 0 Å². The summed E-state index contributed by atoms with van der Waals surface area (Å²) in [5.41, 5.74) is 8.50. The van der Waals surface area contributed by atoms with Gasteiger partial charge in [0.25, 0.3) is 0 Å². The third kappa shape index (κ3) is 4.61. The molecule has 2 aromatic carbocycles. The van der Waals surface area contributed by atoms with E-state index in [9.17, 15) is 0 Å². The second-order valence-electron chi connectivity index (χ2n) is 5.30. The van der Waals surface area contributed by atoms with Crippen molar-refractivity contribution in [3.8, 4) is 5.75 Å². The fourth-order valence-electron chi connectivity index (χ4n) is 2.59. The highest BCUT2D eigenvalue weighted by Crippen LogP contribution is 2.22. The number of benzene rings is 2. The third-order valence-electron chi connectivity index (χ3n) is 3.86. The van der Waals surface area contributed by atoms with Gasteiger partial charge in [-0.1, -0.05) is 55.5 Å².